The molecule has 5 nitrogen and oxygen atoms in total. The van der Waals surface area contributed by atoms with E-state index in [9.17, 15) is 0 Å². The molecule has 2 aromatic rings. The first-order valence-electron chi connectivity index (χ1n) is 6.05. The first-order valence-corrected chi connectivity index (χ1v) is 6.05. The lowest BCUT2D eigenvalue weighted by atomic mass is 10.1. The molecular formula is C13H18N4O. The van der Waals surface area contributed by atoms with Crippen LogP contribution in [0.3, 0.4) is 0 Å². The van der Waals surface area contributed by atoms with Gasteiger partial charge in [0.1, 0.15) is 11.6 Å². The first kappa shape index (κ1) is 12.6. The van der Waals surface area contributed by atoms with E-state index in [0.717, 1.165) is 36.7 Å². The van der Waals surface area contributed by atoms with Crippen LogP contribution in [-0.4, -0.2) is 28.8 Å². The van der Waals surface area contributed by atoms with Crippen LogP contribution in [0, 0.1) is 0 Å². The molecule has 3 N–H and O–H groups in total. The van der Waals surface area contributed by atoms with Gasteiger partial charge in [0.15, 0.2) is 5.82 Å². The smallest absolute Gasteiger partial charge is 0.151 e. The van der Waals surface area contributed by atoms with Gasteiger partial charge in [0, 0.05) is 12.8 Å². The highest BCUT2D eigenvalue weighted by atomic mass is 16.5. The summed E-state index contributed by atoms with van der Waals surface area (Å²) in [6.07, 6.45) is 2.46. The fourth-order valence-corrected chi connectivity index (χ4v) is 1.78. The Kier molecular flexibility index (Phi) is 4.30. The molecule has 0 atom stereocenters. The Morgan fingerprint density at radius 2 is 2.17 bits per heavy atom. The number of benzene rings is 1. The van der Waals surface area contributed by atoms with Gasteiger partial charge in [-0.2, -0.15) is 5.10 Å². The van der Waals surface area contributed by atoms with Crippen LogP contribution in [0.4, 0.5) is 0 Å². The second-order valence-corrected chi connectivity index (χ2v) is 4.09. The van der Waals surface area contributed by atoms with Gasteiger partial charge in [0.25, 0.3) is 0 Å². The topological polar surface area (TPSA) is 76.8 Å². The van der Waals surface area contributed by atoms with E-state index in [4.69, 9.17) is 10.5 Å². The zero-order valence-electron chi connectivity index (χ0n) is 10.5. The standard InChI is InChI=1S/C13H18N4O/c1-18-11-4-2-3-10(9-11)5-6-12-15-13(7-8-14)17-16-12/h2-4,9H,5-8,14H2,1H3,(H,15,16,17). The first-order chi connectivity index (χ1) is 8.81. The predicted octanol–water partition coefficient (Wildman–Crippen LogP) is 1.10. The van der Waals surface area contributed by atoms with Crippen LogP contribution in [-0.2, 0) is 19.3 Å². The van der Waals surface area contributed by atoms with Gasteiger partial charge in [0.05, 0.1) is 7.11 Å². The van der Waals surface area contributed by atoms with Crippen molar-refractivity contribution in [3.8, 4) is 5.75 Å². The van der Waals surface area contributed by atoms with E-state index in [2.05, 4.69) is 21.2 Å². The van der Waals surface area contributed by atoms with Gasteiger partial charge >= 0.3 is 0 Å². The van der Waals surface area contributed by atoms with E-state index in [1.807, 2.05) is 18.2 Å². The summed E-state index contributed by atoms with van der Waals surface area (Å²) in [7, 11) is 1.67. The molecule has 0 amide bonds. The molecule has 0 radical (unpaired) electrons. The van der Waals surface area contributed by atoms with Crippen LogP contribution in [0.1, 0.15) is 17.2 Å². The maximum Gasteiger partial charge on any atom is 0.151 e. The van der Waals surface area contributed by atoms with Crippen molar-refractivity contribution < 1.29 is 4.74 Å². The van der Waals surface area contributed by atoms with E-state index in [1.165, 1.54) is 5.56 Å². The minimum absolute atomic E-state index is 0.588. The van der Waals surface area contributed by atoms with Crippen molar-refractivity contribution in [1.82, 2.24) is 15.2 Å². The highest BCUT2D eigenvalue weighted by Crippen LogP contribution is 2.13. The maximum atomic E-state index is 5.47. The minimum atomic E-state index is 0.588. The molecule has 0 aliphatic carbocycles. The average Bonchev–Trinajstić information content (AvgIpc) is 2.85. The molecule has 0 unspecified atom stereocenters. The number of nitrogens with one attached hydrogen (secondary N) is 1. The fraction of sp³-hybridized carbons (Fsp3) is 0.385. The van der Waals surface area contributed by atoms with E-state index in [-0.39, 0.29) is 0 Å². The van der Waals surface area contributed by atoms with Crippen LogP contribution in [0.25, 0.3) is 0 Å². The number of aromatic nitrogens is 3. The summed E-state index contributed by atoms with van der Waals surface area (Å²) in [4.78, 5) is 4.38. The molecular weight excluding hydrogens is 228 g/mol. The van der Waals surface area contributed by atoms with Crippen molar-refractivity contribution in [2.24, 2.45) is 5.73 Å². The second-order valence-electron chi connectivity index (χ2n) is 4.09. The number of ether oxygens (including phenoxy) is 1. The third-order valence-electron chi connectivity index (χ3n) is 2.73. The van der Waals surface area contributed by atoms with Gasteiger partial charge in [-0.25, -0.2) is 4.98 Å². The summed E-state index contributed by atoms with van der Waals surface area (Å²) in [5, 5.41) is 7.07. The Morgan fingerprint density at radius 1 is 1.28 bits per heavy atom. The van der Waals surface area contributed by atoms with Crippen molar-refractivity contribution in [1.29, 1.82) is 0 Å². The van der Waals surface area contributed by atoms with Crippen LogP contribution < -0.4 is 10.5 Å². The Labute approximate surface area is 106 Å². The van der Waals surface area contributed by atoms with Crippen molar-refractivity contribution in [3.63, 3.8) is 0 Å². The molecule has 0 spiro atoms. The predicted molar refractivity (Wildman–Crippen MR) is 69.5 cm³/mol. The van der Waals surface area contributed by atoms with Crippen molar-refractivity contribution >= 4 is 0 Å². The molecule has 0 fully saturated rings. The molecule has 1 heterocycles. The molecule has 2 rings (SSSR count). The fourth-order valence-electron chi connectivity index (χ4n) is 1.78. The molecule has 1 aromatic carbocycles. The number of aryl methyl sites for hydroxylation is 2. The van der Waals surface area contributed by atoms with E-state index < -0.39 is 0 Å². The summed E-state index contributed by atoms with van der Waals surface area (Å²) in [6.45, 7) is 0.588. The maximum absolute atomic E-state index is 5.47. The average molecular weight is 246 g/mol. The normalized spacial score (nSPS) is 10.6. The third kappa shape index (κ3) is 3.30. The molecule has 0 bridgehead atoms. The van der Waals surface area contributed by atoms with Gasteiger partial charge in [-0.3, -0.25) is 5.10 Å². The number of aromatic amines is 1. The van der Waals surface area contributed by atoms with Crippen molar-refractivity contribution in [2.45, 2.75) is 19.3 Å². The zero-order valence-corrected chi connectivity index (χ0v) is 10.5. The van der Waals surface area contributed by atoms with Crippen molar-refractivity contribution in [2.75, 3.05) is 13.7 Å². The Bertz CT molecular complexity index is 495. The third-order valence-corrected chi connectivity index (χ3v) is 2.73. The Balaban J connectivity index is 1.93. The summed E-state index contributed by atoms with van der Waals surface area (Å²) < 4.78 is 5.19. The van der Waals surface area contributed by atoms with Crippen molar-refractivity contribution in [3.05, 3.63) is 41.5 Å². The lowest BCUT2D eigenvalue weighted by molar-refractivity contribution is 0.414. The summed E-state index contributed by atoms with van der Waals surface area (Å²) in [5.41, 5.74) is 6.69. The van der Waals surface area contributed by atoms with Gasteiger partial charge in [-0.15, -0.1) is 0 Å². The number of hydrogen-bond donors (Lipinski definition) is 2. The summed E-state index contributed by atoms with van der Waals surface area (Å²) in [5.74, 6) is 2.57. The van der Waals surface area contributed by atoms with E-state index >= 15 is 0 Å². The Hall–Kier alpha value is -1.88. The van der Waals surface area contributed by atoms with Crippen LogP contribution >= 0.6 is 0 Å². The van der Waals surface area contributed by atoms with Crippen LogP contribution in [0.2, 0.25) is 0 Å². The number of nitrogens with zero attached hydrogens (tertiary/aromatic N) is 2. The van der Waals surface area contributed by atoms with Gasteiger partial charge in [0.2, 0.25) is 0 Å². The van der Waals surface area contributed by atoms with Crippen LogP contribution in [0.5, 0.6) is 5.75 Å². The lowest BCUT2D eigenvalue weighted by Gasteiger charge is -2.02. The molecule has 18 heavy (non-hydrogen) atoms. The molecule has 0 aliphatic rings. The number of nitrogens with two attached hydrogens (primary N) is 1. The molecule has 0 aliphatic heterocycles. The van der Waals surface area contributed by atoms with E-state index in [0.29, 0.717) is 6.54 Å². The highest BCUT2D eigenvalue weighted by Gasteiger charge is 2.03. The molecule has 5 heteroatoms. The van der Waals surface area contributed by atoms with Gasteiger partial charge < -0.3 is 10.5 Å². The Morgan fingerprint density at radius 3 is 2.94 bits per heavy atom. The minimum Gasteiger partial charge on any atom is -0.497 e. The summed E-state index contributed by atoms with van der Waals surface area (Å²) >= 11 is 0. The highest BCUT2D eigenvalue weighted by molar-refractivity contribution is 5.28. The van der Waals surface area contributed by atoms with Gasteiger partial charge in [-0.05, 0) is 30.7 Å². The number of H-pyrrole nitrogens is 1. The molecule has 96 valence electrons. The van der Waals surface area contributed by atoms with Gasteiger partial charge in [-0.1, -0.05) is 12.1 Å². The molecule has 0 saturated carbocycles. The number of hydrogen-bond acceptors (Lipinski definition) is 4. The molecule has 0 saturated heterocycles. The molecule has 1 aromatic heterocycles. The zero-order chi connectivity index (χ0) is 12.8. The van der Waals surface area contributed by atoms with Crippen LogP contribution in [0.15, 0.2) is 24.3 Å². The second kappa shape index (κ2) is 6.16. The lowest BCUT2D eigenvalue weighted by Crippen LogP contribution is -2.04. The number of rotatable bonds is 6. The van der Waals surface area contributed by atoms with E-state index in [1.54, 1.807) is 7.11 Å². The monoisotopic (exact) mass is 246 g/mol. The summed E-state index contributed by atoms with van der Waals surface area (Å²) in [6, 6.07) is 8.05. The largest absolute Gasteiger partial charge is 0.497 e. The number of methoxy groups -OCH3 is 1. The SMILES string of the molecule is COc1cccc(CCc2n[nH]c(CCN)n2)c1. The quantitative estimate of drug-likeness (QED) is 0.800.